The van der Waals surface area contributed by atoms with Crippen molar-refractivity contribution in [2.45, 2.75) is 45.4 Å². The minimum Gasteiger partial charge on any atom is -0.236 e. The van der Waals surface area contributed by atoms with Crippen LogP contribution in [0.1, 0.15) is 51.3 Å². The Bertz CT molecular complexity index is 1570. The van der Waals surface area contributed by atoms with Crippen molar-refractivity contribution in [1.29, 1.82) is 0 Å². The van der Waals surface area contributed by atoms with Crippen molar-refractivity contribution in [1.82, 2.24) is 9.97 Å². The molecule has 0 unspecified atom stereocenters. The van der Waals surface area contributed by atoms with Crippen molar-refractivity contribution >= 4 is 21.5 Å². The lowest BCUT2D eigenvalue weighted by Crippen LogP contribution is -2.17. The van der Waals surface area contributed by atoms with Gasteiger partial charge >= 0.3 is 0 Å². The normalized spacial score (nSPS) is 14.5. The number of rotatable bonds is 1. The molecule has 5 aromatic rings. The third-order valence-electron chi connectivity index (χ3n) is 7.29. The summed E-state index contributed by atoms with van der Waals surface area (Å²) in [5.74, 6) is 0. The van der Waals surface area contributed by atoms with Gasteiger partial charge < -0.3 is 0 Å². The van der Waals surface area contributed by atoms with Crippen molar-refractivity contribution in [3.63, 3.8) is 0 Å². The van der Waals surface area contributed by atoms with Gasteiger partial charge in [-0.1, -0.05) is 95.3 Å². The van der Waals surface area contributed by atoms with Crippen molar-refractivity contribution in [3.05, 3.63) is 95.8 Å². The molecule has 6 rings (SSSR count). The second-order valence-corrected chi connectivity index (χ2v) is 10.8. The Kier molecular flexibility index (Phi) is 4.11. The molecule has 2 nitrogen and oxygen atoms in total. The van der Waals surface area contributed by atoms with Crippen LogP contribution in [0.4, 0.5) is 0 Å². The van der Waals surface area contributed by atoms with Crippen LogP contribution < -0.4 is 0 Å². The van der Waals surface area contributed by atoms with E-state index in [0.717, 1.165) is 11.4 Å². The number of aromatic nitrogens is 2. The average molecular weight is 429 g/mol. The van der Waals surface area contributed by atoms with Gasteiger partial charge in [0.05, 0.1) is 11.4 Å². The third-order valence-corrected chi connectivity index (χ3v) is 7.29. The molecule has 33 heavy (non-hydrogen) atoms. The minimum absolute atomic E-state index is 0.117. The van der Waals surface area contributed by atoms with Crippen LogP contribution >= 0.6 is 0 Å². The van der Waals surface area contributed by atoms with E-state index in [9.17, 15) is 0 Å². The van der Waals surface area contributed by atoms with Gasteiger partial charge in [-0.2, -0.15) is 0 Å². The van der Waals surface area contributed by atoms with Crippen LogP contribution in [0.2, 0.25) is 0 Å². The number of hydrogen-bond acceptors (Lipinski definition) is 2. The lowest BCUT2D eigenvalue weighted by atomic mass is 9.79. The molecular formula is C31H28N2. The summed E-state index contributed by atoms with van der Waals surface area (Å²) in [6.07, 6.45) is 1.73. The van der Waals surface area contributed by atoms with E-state index in [1.807, 2.05) is 0 Å². The zero-order chi connectivity index (χ0) is 23.0. The maximum Gasteiger partial charge on any atom is 0.116 e. The molecule has 0 atom stereocenters. The first kappa shape index (κ1) is 20.1. The van der Waals surface area contributed by atoms with Gasteiger partial charge in [0.2, 0.25) is 0 Å². The van der Waals surface area contributed by atoms with Crippen LogP contribution in [0.3, 0.4) is 0 Å². The number of fused-ring (bicyclic) bond motifs is 5. The summed E-state index contributed by atoms with van der Waals surface area (Å²) in [5, 5.41) is 5.01. The van der Waals surface area contributed by atoms with Gasteiger partial charge in [-0.05, 0) is 50.2 Å². The summed E-state index contributed by atoms with van der Waals surface area (Å²) >= 11 is 0. The summed E-state index contributed by atoms with van der Waals surface area (Å²) in [7, 11) is 0. The van der Waals surface area contributed by atoms with Crippen LogP contribution in [0.5, 0.6) is 0 Å². The molecule has 4 aromatic carbocycles. The Morgan fingerprint density at radius 3 is 2.06 bits per heavy atom. The molecule has 1 aliphatic carbocycles. The Balaban J connectivity index is 1.62. The fourth-order valence-corrected chi connectivity index (χ4v) is 5.43. The van der Waals surface area contributed by atoms with Crippen LogP contribution in [-0.4, -0.2) is 9.97 Å². The van der Waals surface area contributed by atoms with Crippen LogP contribution in [0.25, 0.3) is 44.1 Å². The molecule has 0 aliphatic heterocycles. The van der Waals surface area contributed by atoms with Gasteiger partial charge in [0.1, 0.15) is 6.33 Å². The molecule has 0 spiro atoms. The molecule has 1 aromatic heterocycles. The quantitative estimate of drug-likeness (QED) is 0.270. The molecule has 0 N–H and O–H groups in total. The van der Waals surface area contributed by atoms with Gasteiger partial charge in [-0.15, -0.1) is 0 Å². The molecule has 0 radical (unpaired) electrons. The second-order valence-electron chi connectivity index (χ2n) is 10.8. The Labute approximate surface area is 195 Å². The van der Waals surface area contributed by atoms with Crippen LogP contribution in [-0.2, 0) is 10.8 Å². The summed E-state index contributed by atoms with van der Waals surface area (Å²) in [4.78, 5) is 9.68. The third kappa shape index (κ3) is 2.94. The Morgan fingerprint density at radius 1 is 0.667 bits per heavy atom. The van der Waals surface area contributed by atoms with E-state index < -0.39 is 0 Å². The summed E-state index contributed by atoms with van der Waals surface area (Å²) < 4.78 is 0. The summed E-state index contributed by atoms with van der Waals surface area (Å²) in [5.41, 5.74) is 8.35. The lowest BCUT2D eigenvalue weighted by molar-refractivity contribution is 0.591. The maximum atomic E-state index is 4.88. The zero-order valence-electron chi connectivity index (χ0n) is 19.9. The van der Waals surface area contributed by atoms with Crippen molar-refractivity contribution < 1.29 is 0 Å². The molecule has 0 bridgehead atoms. The summed E-state index contributed by atoms with van der Waals surface area (Å²) in [6.45, 7) is 11.4. The van der Waals surface area contributed by atoms with Gasteiger partial charge in [-0.25, -0.2) is 9.97 Å². The molecule has 2 heteroatoms. The average Bonchev–Trinajstić information content (AvgIpc) is 3.03. The van der Waals surface area contributed by atoms with E-state index in [1.165, 1.54) is 49.4 Å². The highest BCUT2D eigenvalue weighted by Gasteiger charge is 2.39. The van der Waals surface area contributed by atoms with E-state index in [2.05, 4.69) is 107 Å². The number of benzene rings is 4. The largest absolute Gasteiger partial charge is 0.236 e. The monoisotopic (exact) mass is 428 g/mol. The highest BCUT2D eigenvalue weighted by Crippen LogP contribution is 2.52. The zero-order valence-corrected chi connectivity index (χ0v) is 19.9. The molecule has 1 heterocycles. The van der Waals surface area contributed by atoms with Crippen molar-refractivity contribution in [2.75, 3.05) is 0 Å². The van der Waals surface area contributed by atoms with Gasteiger partial charge in [-0.3, -0.25) is 0 Å². The predicted octanol–water partition coefficient (Wildman–Crippen LogP) is 8.05. The first-order valence-corrected chi connectivity index (χ1v) is 11.7. The minimum atomic E-state index is -0.182. The van der Waals surface area contributed by atoms with Crippen molar-refractivity contribution in [2.24, 2.45) is 0 Å². The molecular weight excluding hydrogens is 400 g/mol. The fourth-order valence-electron chi connectivity index (χ4n) is 5.43. The first-order valence-electron chi connectivity index (χ1n) is 11.7. The second kappa shape index (κ2) is 6.74. The SMILES string of the molecule is CC(C)(C)c1ccc2c(-c3ncnc4c3C(C)(C)c3cc5ccccc5cc3-4)cccc2c1. The number of nitrogens with zero attached hydrogens (tertiary/aromatic N) is 2. The van der Waals surface area contributed by atoms with Crippen molar-refractivity contribution in [3.8, 4) is 22.5 Å². The highest BCUT2D eigenvalue weighted by molar-refractivity contribution is 6.00. The molecule has 1 aliphatic rings. The van der Waals surface area contributed by atoms with E-state index >= 15 is 0 Å². The van der Waals surface area contributed by atoms with Crippen LogP contribution in [0.15, 0.2) is 79.1 Å². The topological polar surface area (TPSA) is 25.8 Å². The van der Waals surface area contributed by atoms with Gasteiger partial charge in [0.15, 0.2) is 0 Å². The maximum absolute atomic E-state index is 4.88. The molecule has 0 saturated carbocycles. The highest BCUT2D eigenvalue weighted by atomic mass is 14.9. The molecule has 0 saturated heterocycles. The predicted molar refractivity (Wildman–Crippen MR) is 139 cm³/mol. The molecule has 0 amide bonds. The number of hydrogen-bond donors (Lipinski definition) is 0. The van der Waals surface area contributed by atoms with E-state index in [0.29, 0.717) is 0 Å². The van der Waals surface area contributed by atoms with E-state index in [1.54, 1.807) is 6.33 Å². The standard InChI is InChI=1S/C31H28N2/c1-30(2,3)22-13-14-23-21(15-22)11-8-12-24(23)28-27-29(33-18-32-28)25-16-19-9-6-7-10-20(19)17-26(25)31(27,4)5/h6-18H,1-5H3. The first-order chi connectivity index (χ1) is 15.7. The summed E-state index contributed by atoms with van der Waals surface area (Å²) in [6, 6.07) is 26.7. The Hall–Kier alpha value is -3.52. The van der Waals surface area contributed by atoms with Crippen LogP contribution in [0, 0.1) is 0 Å². The smallest absolute Gasteiger partial charge is 0.116 e. The van der Waals surface area contributed by atoms with Gasteiger partial charge in [0, 0.05) is 22.1 Å². The fraction of sp³-hybridized carbons (Fsp3) is 0.226. The van der Waals surface area contributed by atoms with Gasteiger partial charge in [0.25, 0.3) is 0 Å². The van der Waals surface area contributed by atoms with E-state index in [4.69, 9.17) is 9.97 Å². The lowest BCUT2D eigenvalue weighted by Gasteiger charge is -2.24. The molecule has 162 valence electrons. The van der Waals surface area contributed by atoms with E-state index in [-0.39, 0.29) is 10.8 Å². The molecule has 0 fully saturated rings. The Morgan fingerprint density at radius 2 is 1.33 bits per heavy atom.